The summed E-state index contributed by atoms with van der Waals surface area (Å²) in [6.07, 6.45) is 0.908. The highest BCUT2D eigenvalue weighted by Gasteiger charge is 2.21. The molecule has 0 saturated carbocycles. The summed E-state index contributed by atoms with van der Waals surface area (Å²) in [5, 5.41) is 0. The Balaban J connectivity index is 2.03. The zero-order valence-electron chi connectivity index (χ0n) is 10.9. The maximum atomic E-state index is 12.2. The number of likely N-dealkylation sites (N-methyl/N-ethyl adjacent to an activating group) is 1. The van der Waals surface area contributed by atoms with Crippen LogP contribution in [0.4, 0.5) is 0 Å². The number of carbonyl (C=O) groups is 2. The van der Waals surface area contributed by atoms with Crippen molar-refractivity contribution in [2.24, 2.45) is 0 Å². The van der Waals surface area contributed by atoms with Gasteiger partial charge in [0.2, 0.25) is 5.91 Å². The monoisotopic (exact) mass is 324 g/mol. The van der Waals surface area contributed by atoms with Crippen molar-refractivity contribution in [3.63, 3.8) is 0 Å². The van der Waals surface area contributed by atoms with Gasteiger partial charge in [-0.05, 0) is 12.5 Å². The zero-order chi connectivity index (χ0) is 13.8. The van der Waals surface area contributed by atoms with Gasteiger partial charge in [0, 0.05) is 30.2 Å². The molecule has 0 aromatic heterocycles. The number of benzene rings is 1. The molecule has 4 nitrogen and oxygen atoms in total. The summed E-state index contributed by atoms with van der Waals surface area (Å²) in [6, 6.07) is 7.39. The molecule has 0 N–H and O–H groups in total. The lowest BCUT2D eigenvalue weighted by molar-refractivity contribution is -0.129. The van der Waals surface area contributed by atoms with Crippen LogP contribution in [0.25, 0.3) is 0 Å². The SMILES string of the molecule is CN1CCCN(CC(=O)c2ccccc2Br)CC1=O. The molecule has 1 saturated heterocycles. The fourth-order valence-corrected chi connectivity index (χ4v) is 2.66. The molecule has 19 heavy (non-hydrogen) atoms. The second-order valence-electron chi connectivity index (χ2n) is 4.78. The second-order valence-corrected chi connectivity index (χ2v) is 5.64. The van der Waals surface area contributed by atoms with E-state index in [0.29, 0.717) is 18.7 Å². The average molecular weight is 325 g/mol. The summed E-state index contributed by atoms with van der Waals surface area (Å²) in [4.78, 5) is 27.7. The molecule has 1 aliphatic heterocycles. The quantitative estimate of drug-likeness (QED) is 0.796. The van der Waals surface area contributed by atoms with Gasteiger partial charge in [0.1, 0.15) is 0 Å². The third-order valence-electron chi connectivity index (χ3n) is 3.29. The van der Waals surface area contributed by atoms with Crippen LogP contribution in [0.15, 0.2) is 28.7 Å². The van der Waals surface area contributed by atoms with Crippen molar-refractivity contribution in [2.75, 3.05) is 33.2 Å². The van der Waals surface area contributed by atoms with Crippen molar-refractivity contribution in [3.8, 4) is 0 Å². The van der Waals surface area contributed by atoms with Crippen molar-refractivity contribution >= 4 is 27.6 Å². The van der Waals surface area contributed by atoms with E-state index in [1.807, 2.05) is 23.1 Å². The Bertz CT molecular complexity index is 490. The summed E-state index contributed by atoms with van der Waals surface area (Å²) in [5.74, 6) is 0.127. The zero-order valence-corrected chi connectivity index (χ0v) is 12.5. The molecule has 5 heteroatoms. The van der Waals surface area contributed by atoms with Gasteiger partial charge in [-0.15, -0.1) is 0 Å². The Kier molecular flexibility index (Phi) is 4.71. The number of carbonyl (C=O) groups excluding carboxylic acids is 2. The minimum absolute atomic E-state index is 0.0461. The van der Waals surface area contributed by atoms with Gasteiger partial charge in [0.05, 0.1) is 13.1 Å². The van der Waals surface area contributed by atoms with E-state index in [0.717, 1.165) is 24.0 Å². The van der Waals surface area contributed by atoms with Crippen LogP contribution in [0.5, 0.6) is 0 Å². The van der Waals surface area contributed by atoms with Gasteiger partial charge < -0.3 is 4.90 Å². The molecule has 0 aliphatic carbocycles. The Morgan fingerprint density at radius 2 is 2.05 bits per heavy atom. The van der Waals surface area contributed by atoms with Crippen molar-refractivity contribution in [1.82, 2.24) is 9.80 Å². The van der Waals surface area contributed by atoms with E-state index >= 15 is 0 Å². The Labute approximate surface area is 121 Å². The number of ketones is 1. The third-order valence-corrected chi connectivity index (χ3v) is 3.99. The lowest BCUT2D eigenvalue weighted by Gasteiger charge is -2.18. The first-order valence-corrected chi connectivity index (χ1v) is 7.11. The molecule has 1 heterocycles. The smallest absolute Gasteiger partial charge is 0.236 e. The van der Waals surface area contributed by atoms with Gasteiger partial charge in [0.15, 0.2) is 5.78 Å². The van der Waals surface area contributed by atoms with E-state index < -0.39 is 0 Å². The maximum Gasteiger partial charge on any atom is 0.236 e. The van der Waals surface area contributed by atoms with Gasteiger partial charge in [-0.1, -0.05) is 34.1 Å². The predicted molar refractivity (Wildman–Crippen MR) is 77.2 cm³/mol. The molecule has 0 spiro atoms. The molecule has 1 fully saturated rings. The van der Waals surface area contributed by atoms with Gasteiger partial charge in [-0.25, -0.2) is 0 Å². The van der Waals surface area contributed by atoms with E-state index in [1.165, 1.54) is 0 Å². The maximum absolute atomic E-state index is 12.2. The van der Waals surface area contributed by atoms with Crippen LogP contribution < -0.4 is 0 Å². The van der Waals surface area contributed by atoms with E-state index in [9.17, 15) is 9.59 Å². The highest BCUT2D eigenvalue weighted by atomic mass is 79.9. The van der Waals surface area contributed by atoms with Crippen LogP contribution in [-0.4, -0.2) is 54.7 Å². The number of rotatable bonds is 3. The Morgan fingerprint density at radius 3 is 2.79 bits per heavy atom. The highest BCUT2D eigenvalue weighted by Crippen LogP contribution is 2.17. The fourth-order valence-electron chi connectivity index (χ4n) is 2.16. The normalized spacial score (nSPS) is 17.4. The molecule has 1 aromatic rings. The molecule has 1 amide bonds. The fraction of sp³-hybridized carbons (Fsp3) is 0.429. The molecule has 0 unspecified atom stereocenters. The standard InChI is InChI=1S/C14H17BrN2O2/c1-16-7-4-8-17(10-14(16)19)9-13(18)11-5-2-3-6-12(11)15/h2-3,5-6H,4,7-10H2,1H3. The van der Waals surface area contributed by atoms with Gasteiger partial charge in [0.25, 0.3) is 0 Å². The molecule has 102 valence electrons. The lowest BCUT2D eigenvalue weighted by atomic mass is 10.1. The van der Waals surface area contributed by atoms with E-state index in [4.69, 9.17) is 0 Å². The van der Waals surface area contributed by atoms with Crippen LogP contribution in [0, 0.1) is 0 Å². The van der Waals surface area contributed by atoms with Crippen LogP contribution in [0.1, 0.15) is 16.8 Å². The van der Waals surface area contributed by atoms with Crippen LogP contribution in [-0.2, 0) is 4.79 Å². The predicted octanol–water partition coefficient (Wildman–Crippen LogP) is 1.80. The third kappa shape index (κ3) is 3.64. The average Bonchev–Trinajstić information content (AvgIpc) is 2.52. The summed E-state index contributed by atoms with van der Waals surface area (Å²) in [5.41, 5.74) is 0.674. The first-order valence-electron chi connectivity index (χ1n) is 6.32. The topological polar surface area (TPSA) is 40.6 Å². The number of halogens is 1. The molecule has 2 rings (SSSR count). The highest BCUT2D eigenvalue weighted by molar-refractivity contribution is 9.10. The van der Waals surface area contributed by atoms with Crippen molar-refractivity contribution < 1.29 is 9.59 Å². The van der Waals surface area contributed by atoms with Gasteiger partial charge in [-0.2, -0.15) is 0 Å². The number of Topliss-reactive ketones (excluding diaryl/α,β-unsaturated/α-hetero) is 1. The molecular formula is C14H17BrN2O2. The second kappa shape index (κ2) is 6.30. The first-order chi connectivity index (χ1) is 9.08. The molecule has 0 bridgehead atoms. The van der Waals surface area contributed by atoms with E-state index in [2.05, 4.69) is 15.9 Å². The van der Waals surface area contributed by atoms with Crippen LogP contribution >= 0.6 is 15.9 Å². The number of hydrogen-bond donors (Lipinski definition) is 0. The minimum atomic E-state index is 0.0461. The Morgan fingerprint density at radius 1 is 1.32 bits per heavy atom. The van der Waals surface area contributed by atoms with Crippen LogP contribution in [0.3, 0.4) is 0 Å². The first kappa shape index (κ1) is 14.2. The minimum Gasteiger partial charge on any atom is -0.345 e. The van der Waals surface area contributed by atoms with Crippen molar-refractivity contribution in [1.29, 1.82) is 0 Å². The number of nitrogens with zero attached hydrogens (tertiary/aromatic N) is 2. The summed E-state index contributed by atoms with van der Waals surface area (Å²) in [6.45, 7) is 2.17. The lowest BCUT2D eigenvalue weighted by Crippen LogP contribution is -2.37. The molecule has 0 radical (unpaired) electrons. The van der Waals surface area contributed by atoms with Crippen molar-refractivity contribution in [3.05, 3.63) is 34.3 Å². The van der Waals surface area contributed by atoms with E-state index in [-0.39, 0.29) is 11.7 Å². The Hall–Kier alpha value is -1.20. The van der Waals surface area contributed by atoms with Gasteiger partial charge in [-0.3, -0.25) is 14.5 Å². The van der Waals surface area contributed by atoms with Crippen LogP contribution in [0.2, 0.25) is 0 Å². The largest absolute Gasteiger partial charge is 0.345 e. The summed E-state index contributed by atoms with van der Waals surface area (Å²) in [7, 11) is 1.81. The number of amides is 1. The molecule has 0 atom stereocenters. The van der Waals surface area contributed by atoms with Gasteiger partial charge >= 0.3 is 0 Å². The number of hydrogen-bond acceptors (Lipinski definition) is 3. The summed E-state index contributed by atoms with van der Waals surface area (Å²) < 4.78 is 0.804. The summed E-state index contributed by atoms with van der Waals surface area (Å²) >= 11 is 3.38. The molecular weight excluding hydrogens is 308 g/mol. The molecule has 1 aromatic carbocycles. The molecule has 1 aliphatic rings. The van der Waals surface area contributed by atoms with E-state index in [1.54, 1.807) is 18.0 Å². The van der Waals surface area contributed by atoms with Crippen molar-refractivity contribution in [2.45, 2.75) is 6.42 Å².